The lowest BCUT2D eigenvalue weighted by molar-refractivity contribution is -0.141. The SMILES string of the molecule is CC(=O)ON.CCCC. The Morgan fingerprint density at radius 2 is 1.67 bits per heavy atom. The first kappa shape index (κ1) is 11.3. The van der Waals surface area contributed by atoms with Crippen LogP contribution in [0.25, 0.3) is 0 Å². The molecule has 0 rings (SSSR count). The molecule has 0 amide bonds. The maximum Gasteiger partial charge on any atom is 0.321 e. The maximum atomic E-state index is 9.47. The first-order valence-corrected chi connectivity index (χ1v) is 3.06. The average molecular weight is 133 g/mol. The number of hydrogen-bond acceptors (Lipinski definition) is 3. The van der Waals surface area contributed by atoms with Crippen LogP contribution >= 0.6 is 0 Å². The summed E-state index contributed by atoms with van der Waals surface area (Å²) in [5.74, 6) is 3.85. The van der Waals surface area contributed by atoms with Gasteiger partial charge in [-0.15, -0.1) is 0 Å². The molecule has 3 nitrogen and oxygen atoms in total. The van der Waals surface area contributed by atoms with E-state index in [9.17, 15) is 4.79 Å². The van der Waals surface area contributed by atoms with Crippen molar-refractivity contribution in [2.45, 2.75) is 33.6 Å². The van der Waals surface area contributed by atoms with Crippen LogP contribution in [0.15, 0.2) is 0 Å². The van der Waals surface area contributed by atoms with E-state index in [2.05, 4.69) is 24.6 Å². The summed E-state index contributed by atoms with van der Waals surface area (Å²) in [6.45, 7) is 5.60. The molecular weight excluding hydrogens is 118 g/mol. The largest absolute Gasteiger partial charge is 0.374 e. The summed E-state index contributed by atoms with van der Waals surface area (Å²) < 4.78 is 0. The van der Waals surface area contributed by atoms with Crippen LogP contribution in [0.3, 0.4) is 0 Å². The van der Waals surface area contributed by atoms with Crippen LogP contribution in [0.2, 0.25) is 0 Å². The monoisotopic (exact) mass is 133 g/mol. The molecule has 0 aromatic rings. The Balaban J connectivity index is 0. The summed E-state index contributed by atoms with van der Waals surface area (Å²) in [6, 6.07) is 0. The number of nitrogens with two attached hydrogens (primary N) is 1. The number of carbonyl (C=O) groups excluding carboxylic acids is 1. The third kappa shape index (κ3) is 37.1. The van der Waals surface area contributed by atoms with E-state index in [1.165, 1.54) is 19.8 Å². The van der Waals surface area contributed by atoms with Gasteiger partial charge in [0.2, 0.25) is 0 Å². The minimum atomic E-state index is -0.468. The van der Waals surface area contributed by atoms with Gasteiger partial charge in [0.05, 0.1) is 0 Å². The van der Waals surface area contributed by atoms with E-state index in [-0.39, 0.29) is 0 Å². The first-order chi connectivity index (χ1) is 4.18. The van der Waals surface area contributed by atoms with Crippen molar-refractivity contribution in [2.75, 3.05) is 0 Å². The topological polar surface area (TPSA) is 52.3 Å². The zero-order valence-electron chi connectivity index (χ0n) is 6.31. The molecule has 0 bridgehead atoms. The fraction of sp³-hybridized carbons (Fsp3) is 0.833. The van der Waals surface area contributed by atoms with Gasteiger partial charge in [0.1, 0.15) is 0 Å². The van der Waals surface area contributed by atoms with Crippen LogP contribution in [0, 0.1) is 0 Å². The van der Waals surface area contributed by atoms with Crippen LogP contribution in [0.1, 0.15) is 33.6 Å². The lowest BCUT2D eigenvalue weighted by Gasteiger charge is -1.79. The molecule has 2 N–H and O–H groups in total. The van der Waals surface area contributed by atoms with Gasteiger partial charge in [0.15, 0.2) is 0 Å². The number of hydrogen-bond donors (Lipinski definition) is 1. The average Bonchev–Trinajstić information content (AvgIpc) is 1.89. The highest BCUT2D eigenvalue weighted by Gasteiger charge is 1.77. The molecule has 0 saturated carbocycles. The van der Waals surface area contributed by atoms with Gasteiger partial charge < -0.3 is 4.84 Å². The molecule has 56 valence electrons. The predicted molar refractivity (Wildman–Crippen MR) is 36.5 cm³/mol. The van der Waals surface area contributed by atoms with Gasteiger partial charge >= 0.3 is 5.97 Å². The van der Waals surface area contributed by atoms with Crippen molar-refractivity contribution in [1.82, 2.24) is 0 Å². The molecule has 0 atom stereocenters. The Bertz CT molecular complexity index is 62.1. The van der Waals surface area contributed by atoms with Crippen molar-refractivity contribution in [3.05, 3.63) is 0 Å². The quantitative estimate of drug-likeness (QED) is 0.547. The summed E-state index contributed by atoms with van der Waals surface area (Å²) in [5, 5.41) is 0. The highest BCUT2D eigenvalue weighted by atomic mass is 16.7. The Morgan fingerprint density at radius 3 is 1.67 bits per heavy atom. The van der Waals surface area contributed by atoms with E-state index in [0.29, 0.717) is 0 Å². The third-order valence-electron chi connectivity index (χ3n) is 0.666. The summed E-state index contributed by atoms with van der Waals surface area (Å²) in [5.41, 5.74) is 0. The molecule has 0 aliphatic heterocycles. The Morgan fingerprint density at radius 1 is 1.44 bits per heavy atom. The molecule has 9 heavy (non-hydrogen) atoms. The minimum absolute atomic E-state index is 0.468. The zero-order chi connectivity index (χ0) is 7.70. The second kappa shape index (κ2) is 10.4. The third-order valence-corrected chi connectivity index (χ3v) is 0.666. The first-order valence-electron chi connectivity index (χ1n) is 3.06. The highest BCUT2D eigenvalue weighted by molar-refractivity contribution is 5.65. The fourth-order valence-corrected chi connectivity index (χ4v) is 0. The summed E-state index contributed by atoms with van der Waals surface area (Å²) in [7, 11) is 0. The van der Waals surface area contributed by atoms with Crippen molar-refractivity contribution in [2.24, 2.45) is 5.90 Å². The van der Waals surface area contributed by atoms with Crippen molar-refractivity contribution in [1.29, 1.82) is 0 Å². The Hall–Kier alpha value is -0.570. The van der Waals surface area contributed by atoms with Gasteiger partial charge in [0.25, 0.3) is 0 Å². The van der Waals surface area contributed by atoms with Crippen LogP contribution in [0.5, 0.6) is 0 Å². The van der Waals surface area contributed by atoms with Crippen molar-refractivity contribution in [3.8, 4) is 0 Å². The maximum absolute atomic E-state index is 9.47. The Labute approximate surface area is 56.1 Å². The zero-order valence-corrected chi connectivity index (χ0v) is 6.31. The number of rotatable bonds is 1. The number of carbonyl (C=O) groups is 1. The normalized spacial score (nSPS) is 7.11. The van der Waals surface area contributed by atoms with Gasteiger partial charge in [-0.25, -0.2) is 0 Å². The Kier molecular flexibility index (Phi) is 13.0. The molecule has 0 aliphatic rings. The molecule has 0 fully saturated rings. The van der Waals surface area contributed by atoms with Crippen LogP contribution in [-0.2, 0) is 9.63 Å². The van der Waals surface area contributed by atoms with E-state index in [1.807, 2.05) is 0 Å². The van der Waals surface area contributed by atoms with Gasteiger partial charge in [-0.2, -0.15) is 5.90 Å². The molecule has 0 unspecified atom stereocenters. The van der Waals surface area contributed by atoms with Crippen LogP contribution < -0.4 is 5.90 Å². The minimum Gasteiger partial charge on any atom is -0.374 e. The molecule has 0 spiro atoms. The highest BCUT2D eigenvalue weighted by Crippen LogP contribution is 1.76. The number of unbranched alkanes of at least 4 members (excludes halogenated alkanes) is 1. The van der Waals surface area contributed by atoms with Crippen LogP contribution in [-0.4, -0.2) is 5.97 Å². The standard InChI is InChI=1S/C4H10.C2H5NO2/c1-3-4-2;1-2(4)5-3/h3-4H2,1-2H3;3H2,1H3. The molecule has 0 radical (unpaired) electrons. The predicted octanol–water partition coefficient (Wildman–Crippen LogP) is 1.23. The van der Waals surface area contributed by atoms with E-state index in [0.717, 1.165) is 0 Å². The molecule has 0 saturated heterocycles. The lowest BCUT2D eigenvalue weighted by atomic mass is 10.4. The van der Waals surface area contributed by atoms with Gasteiger partial charge in [-0.05, 0) is 0 Å². The second-order valence-corrected chi connectivity index (χ2v) is 1.61. The van der Waals surface area contributed by atoms with Gasteiger partial charge in [-0.3, -0.25) is 4.79 Å². The van der Waals surface area contributed by atoms with E-state index in [4.69, 9.17) is 0 Å². The van der Waals surface area contributed by atoms with E-state index >= 15 is 0 Å². The van der Waals surface area contributed by atoms with Crippen molar-refractivity contribution < 1.29 is 9.63 Å². The smallest absolute Gasteiger partial charge is 0.321 e. The van der Waals surface area contributed by atoms with Gasteiger partial charge in [0, 0.05) is 6.92 Å². The molecule has 0 aromatic carbocycles. The molecule has 0 aromatic heterocycles. The van der Waals surface area contributed by atoms with E-state index < -0.39 is 5.97 Å². The summed E-state index contributed by atoms with van der Waals surface area (Å²) in [6.07, 6.45) is 2.64. The summed E-state index contributed by atoms with van der Waals surface area (Å²) in [4.78, 5) is 13.1. The van der Waals surface area contributed by atoms with E-state index in [1.54, 1.807) is 0 Å². The lowest BCUT2D eigenvalue weighted by Crippen LogP contribution is -2.03. The molecular formula is C6H15NO2. The molecule has 3 heteroatoms. The molecule has 0 aliphatic carbocycles. The van der Waals surface area contributed by atoms with Gasteiger partial charge in [-0.1, -0.05) is 26.7 Å². The van der Waals surface area contributed by atoms with Crippen LogP contribution in [0.4, 0.5) is 0 Å². The second-order valence-electron chi connectivity index (χ2n) is 1.61. The van der Waals surface area contributed by atoms with Crippen molar-refractivity contribution in [3.63, 3.8) is 0 Å². The molecule has 0 heterocycles. The fourth-order valence-electron chi connectivity index (χ4n) is 0. The summed E-state index contributed by atoms with van der Waals surface area (Å²) >= 11 is 0. The van der Waals surface area contributed by atoms with Crippen molar-refractivity contribution >= 4 is 5.97 Å².